The highest BCUT2D eigenvalue weighted by Crippen LogP contribution is 2.21. The van der Waals surface area contributed by atoms with Crippen LogP contribution in [0, 0.1) is 0 Å². The maximum absolute atomic E-state index is 12.8. The van der Waals surface area contributed by atoms with Crippen LogP contribution in [0.2, 0.25) is 0 Å². The van der Waals surface area contributed by atoms with Crippen LogP contribution in [-0.4, -0.2) is 63.9 Å². The number of likely N-dealkylation sites (tertiary alicyclic amines) is 1. The number of hydrogen-bond donors (Lipinski definition) is 0. The number of rotatable bonds is 4. The third-order valence-corrected chi connectivity index (χ3v) is 5.06. The molecule has 0 spiro atoms. The Bertz CT molecular complexity index is 782. The van der Waals surface area contributed by atoms with Gasteiger partial charge < -0.3 is 14.5 Å². The van der Waals surface area contributed by atoms with Crippen molar-refractivity contribution in [3.05, 3.63) is 53.9 Å². The first-order valence-electron chi connectivity index (χ1n) is 9.00. The molecule has 0 aliphatic carbocycles. The molecule has 2 saturated heterocycles. The van der Waals surface area contributed by atoms with E-state index < -0.39 is 0 Å². The Balaban J connectivity index is 1.38. The van der Waals surface area contributed by atoms with Crippen LogP contribution in [0.5, 0.6) is 0 Å². The average Bonchev–Trinajstić information content (AvgIpc) is 3.33. The summed E-state index contributed by atoms with van der Waals surface area (Å²) in [7, 11) is 0. The van der Waals surface area contributed by atoms with Crippen molar-refractivity contribution in [3.8, 4) is 0 Å². The molecule has 136 valence electrons. The molecule has 0 atom stereocenters. The molecule has 2 aromatic rings. The van der Waals surface area contributed by atoms with Gasteiger partial charge in [-0.25, -0.2) is 4.79 Å². The van der Waals surface area contributed by atoms with Gasteiger partial charge in [-0.15, -0.1) is 0 Å². The van der Waals surface area contributed by atoms with Crippen molar-refractivity contribution in [1.82, 2.24) is 19.6 Å². The molecular formula is C19H22N4O3. The molecule has 7 heteroatoms. The lowest BCUT2D eigenvalue weighted by Gasteiger charge is -2.35. The van der Waals surface area contributed by atoms with Gasteiger partial charge in [-0.3, -0.25) is 9.48 Å². The summed E-state index contributed by atoms with van der Waals surface area (Å²) in [5, 5.41) is 4.21. The van der Waals surface area contributed by atoms with Crippen LogP contribution in [-0.2, 0) is 11.3 Å². The zero-order chi connectivity index (χ0) is 17.9. The van der Waals surface area contributed by atoms with Gasteiger partial charge in [0, 0.05) is 37.1 Å². The number of hydrogen-bond acceptors (Lipinski definition) is 4. The van der Waals surface area contributed by atoms with Gasteiger partial charge in [0.05, 0.1) is 13.1 Å². The summed E-state index contributed by atoms with van der Waals surface area (Å²) in [4.78, 5) is 28.2. The van der Waals surface area contributed by atoms with E-state index in [4.69, 9.17) is 4.74 Å². The van der Waals surface area contributed by atoms with E-state index in [-0.39, 0.29) is 18.0 Å². The van der Waals surface area contributed by atoms with E-state index in [1.54, 1.807) is 11.1 Å². The summed E-state index contributed by atoms with van der Waals surface area (Å²) in [5.41, 5.74) is 1.75. The maximum Gasteiger partial charge on any atom is 0.410 e. The van der Waals surface area contributed by atoms with E-state index in [1.165, 1.54) is 0 Å². The topological polar surface area (TPSA) is 67.7 Å². The molecule has 2 amide bonds. The minimum Gasteiger partial charge on any atom is -0.448 e. The molecule has 0 bridgehead atoms. The Morgan fingerprint density at radius 3 is 2.73 bits per heavy atom. The second-order valence-electron chi connectivity index (χ2n) is 6.74. The molecule has 4 rings (SSSR count). The summed E-state index contributed by atoms with van der Waals surface area (Å²) in [6.07, 6.45) is 5.03. The number of amides is 2. The fraction of sp³-hybridized carbons (Fsp3) is 0.421. The van der Waals surface area contributed by atoms with Crippen molar-refractivity contribution < 1.29 is 14.3 Å². The molecule has 7 nitrogen and oxygen atoms in total. The van der Waals surface area contributed by atoms with Crippen molar-refractivity contribution >= 4 is 12.0 Å². The van der Waals surface area contributed by atoms with Crippen LogP contribution in [0.3, 0.4) is 0 Å². The normalized spacial score (nSPS) is 18.2. The number of cyclic esters (lactones) is 1. The fourth-order valence-electron chi connectivity index (χ4n) is 3.68. The van der Waals surface area contributed by atoms with Gasteiger partial charge in [0.2, 0.25) is 0 Å². The summed E-state index contributed by atoms with van der Waals surface area (Å²) < 4.78 is 6.86. The van der Waals surface area contributed by atoms with Crippen LogP contribution in [0.4, 0.5) is 4.79 Å². The number of aromatic nitrogens is 2. The molecule has 2 fully saturated rings. The lowest BCUT2D eigenvalue weighted by Crippen LogP contribution is -2.47. The number of nitrogens with zero attached hydrogens (tertiary/aromatic N) is 4. The lowest BCUT2D eigenvalue weighted by molar-refractivity contribution is 0.0658. The van der Waals surface area contributed by atoms with Gasteiger partial charge in [-0.2, -0.15) is 5.10 Å². The summed E-state index contributed by atoms with van der Waals surface area (Å²) in [5.74, 6) is 0.0507. The molecule has 26 heavy (non-hydrogen) atoms. The van der Waals surface area contributed by atoms with Gasteiger partial charge in [0.15, 0.2) is 0 Å². The second-order valence-corrected chi connectivity index (χ2v) is 6.74. The first-order chi connectivity index (χ1) is 12.7. The maximum atomic E-state index is 12.8. The Kier molecular flexibility index (Phi) is 4.60. The van der Waals surface area contributed by atoms with Gasteiger partial charge in [-0.05, 0) is 36.6 Å². The third-order valence-electron chi connectivity index (χ3n) is 5.06. The first-order valence-corrected chi connectivity index (χ1v) is 9.00. The molecule has 1 aromatic heterocycles. The van der Waals surface area contributed by atoms with E-state index in [0.29, 0.717) is 38.3 Å². The Labute approximate surface area is 152 Å². The summed E-state index contributed by atoms with van der Waals surface area (Å²) >= 11 is 0. The van der Waals surface area contributed by atoms with Crippen molar-refractivity contribution in [2.75, 3.05) is 26.2 Å². The SMILES string of the molecule is O=C(c1cccc(Cn2cccn2)c1)N1CCC(N2CCOC2=O)CC1. The van der Waals surface area contributed by atoms with Crippen molar-refractivity contribution in [2.45, 2.75) is 25.4 Å². The monoisotopic (exact) mass is 354 g/mol. The zero-order valence-corrected chi connectivity index (χ0v) is 14.6. The largest absolute Gasteiger partial charge is 0.448 e. The van der Waals surface area contributed by atoms with Gasteiger partial charge in [0.1, 0.15) is 6.61 Å². The van der Waals surface area contributed by atoms with E-state index in [1.807, 2.05) is 46.1 Å². The van der Waals surface area contributed by atoms with Gasteiger partial charge in [-0.1, -0.05) is 12.1 Å². The minimum absolute atomic E-state index is 0.0507. The van der Waals surface area contributed by atoms with Crippen LogP contribution >= 0.6 is 0 Å². The number of benzene rings is 1. The fourth-order valence-corrected chi connectivity index (χ4v) is 3.68. The van der Waals surface area contributed by atoms with Gasteiger partial charge >= 0.3 is 6.09 Å². The molecule has 0 saturated carbocycles. The highest BCUT2D eigenvalue weighted by molar-refractivity contribution is 5.94. The van der Waals surface area contributed by atoms with Crippen molar-refractivity contribution in [1.29, 1.82) is 0 Å². The van der Waals surface area contributed by atoms with E-state index in [0.717, 1.165) is 18.4 Å². The van der Waals surface area contributed by atoms with Gasteiger partial charge in [0.25, 0.3) is 5.91 Å². The highest BCUT2D eigenvalue weighted by Gasteiger charge is 2.33. The average molecular weight is 354 g/mol. The molecule has 0 unspecified atom stereocenters. The Hall–Kier alpha value is -2.83. The Morgan fingerprint density at radius 2 is 2.04 bits per heavy atom. The van der Waals surface area contributed by atoms with E-state index in [2.05, 4.69) is 5.10 Å². The molecule has 0 radical (unpaired) electrons. The molecular weight excluding hydrogens is 332 g/mol. The predicted molar refractivity (Wildman–Crippen MR) is 94.8 cm³/mol. The summed E-state index contributed by atoms with van der Waals surface area (Å²) in [6.45, 7) is 3.11. The van der Waals surface area contributed by atoms with E-state index >= 15 is 0 Å². The zero-order valence-electron chi connectivity index (χ0n) is 14.6. The van der Waals surface area contributed by atoms with Crippen molar-refractivity contribution in [3.63, 3.8) is 0 Å². The third kappa shape index (κ3) is 3.42. The van der Waals surface area contributed by atoms with Crippen LogP contribution in [0.15, 0.2) is 42.7 Å². The number of piperidine rings is 1. The van der Waals surface area contributed by atoms with Crippen molar-refractivity contribution in [2.24, 2.45) is 0 Å². The second kappa shape index (κ2) is 7.19. The predicted octanol–water partition coefficient (Wildman–Crippen LogP) is 1.99. The summed E-state index contributed by atoms with van der Waals surface area (Å²) in [6, 6.07) is 9.78. The molecule has 0 N–H and O–H groups in total. The smallest absolute Gasteiger partial charge is 0.410 e. The Morgan fingerprint density at radius 1 is 1.19 bits per heavy atom. The number of ether oxygens (including phenoxy) is 1. The standard InChI is InChI=1S/C19H22N4O3/c24-18(16-4-1-3-15(13-16)14-22-8-2-7-20-22)21-9-5-17(6-10-21)23-11-12-26-19(23)25/h1-4,7-8,13,17H,5-6,9-12,14H2. The molecule has 2 aliphatic rings. The quantitative estimate of drug-likeness (QED) is 0.842. The molecule has 2 aliphatic heterocycles. The lowest BCUT2D eigenvalue weighted by atomic mass is 10.0. The number of carbonyl (C=O) groups is 2. The van der Waals surface area contributed by atoms with Crippen LogP contribution in [0.1, 0.15) is 28.8 Å². The molecule has 3 heterocycles. The van der Waals surface area contributed by atoms with Crippen LogP contribution < -0.4 is 0 Å². The molecule has 1 aromatic carbocycles. The first kappa shape index (κ1) is 16.6. The van der Waals surface area contributed by atoms with Crippen LogP contribution in [0.25, 0.3) is 0 Å². The highest BCUT2D eigenvalue weighted by atomic mass is 16.6. The minimum atomic E-state index is -0.221. The number of carbonyl (C=O) groups excluding carboxylic acids is 2. The van der Waals surface area contributed by atoms with E-state index in [9.17, 15) is 9.59 Å².